The Bertz CT molecular complexity index is 334. The molecular weight excluding hydrogens is 236 g/mol. The lowest BCUT2D eigenvalue weighted by Crippen LogP contribution is -2.29. The van der Waals surface area contributed by atoms with Gasteiger partial charge in [-0.15, -0.1) is 0 Å². The molecule has 0 aliphatic heterocycles. The van der Waals surface area contributed by atoms with Gasteiger partial charge in [-0.2, -0.15) is 0 Å². The Kier molecular flexibility index (Phi) is 5.44. The Morgan fingerprint density at radius 3 is 2.89 bits per heavy atom. The molecule has 0 aromatic rings. The highest BCUT2D eigenvalue weighted by Gasteiger charge is 2.22. The third kappa shape index (κ3) is 5.77. The van der Waals surface area contributed by atoms with Gasteiger partial charge in [-0.05, 0) is 64.0 Å². The van der Waals surface area contributed by atoms with Crippen molar-refractivity contribution >= 4 is 5.91 Å². The Labute approximate surface area is 117 Å². The van der Waals surface area contributed by atoms with Gasteiger partial charge in [-0.25, -0.2) is 0 Å². The topological polar surface area (TPSA) is 41.1 Å². The number of hydrogen-bond acceptors (Lipinski definition) is 2. The summed E-state index contributed by atoms with van der Waals surface area (Å²) >= 11 is 0. The fraction of sp³-hybridized carbons (Fsp3) is 0.812. The zero-order valence-electron chi connectivity index (χ0n) is 12.4. The first kappa shape index (κ1) is 14.6. The lowest BCUT2D eigenvalue weighted by atomic mass is 9.84. The Morgan fingerprint density at radius 1 is 1.42 bits per heavy atom. The molecule has 3 nitrogen and oxygen atoms in total. The summed E-state index contributed by atoms with van der Waals surface area (Å²) < 4.78 is 0. The van der Waals surface area contributed by atoms with E-state index in [1.807, 2.05) is 0 Å². The molecule has 2 unspecified atom stereocenters. The molecule has 2 N–H and O–H groups in total. The van der Waals surface area contributed by atoms with Crippen molar-refractivity contribution in [2.45, 2.75) is 58.4 Å². The molecule has 1 saturated carbocycles. The molecule has 0 spiro atoms. The van der Waals surface area contributed by atoms with Crippen molar-refractivity contribution < 1.29 is 4.79 Å². The molecule has 1 fully saturated rings. The molecule has 0 heterocycles. The summed E-state index contributed by atoms with van der Waals surface area (Å²) in [6.07, 6.45) is 8.91. The molecule has 0 aromatic carbocycles. The zero-order chi connectivity index (χ0) is 13.7. The molecule has 2 aliphatic carbocycles. The predicted octanol–water partition coefficient (Wildman–Crippen LogP) is 2.63. The van der Waals surface area contributed by atoms with Crippen LogP contribution in [0.25, 0.3) is 0 Å². The van der Waals surface area contributed by atoms with E-state index >= 15 is 0 Å². The standard InChI is InChI=1S/C16H28N2O/c1-12-8-13(2)10-14(9-12)11-17-7-3-4-16(19)18-15-5-6-15/h8,12,14-15,17H,3-7,9-11H2,1-2H3,(H,18,19). The number of carbonyl (C=O) groups excluding carboxylic acids is 1. The number of hydrogen-bond donors (Lipinski definition) is 2. The quantitative estimate of drug-likeness (QED) is 0.548. The number of amides is 1. The van der Waals surface area contributed by atoms with Crippen LogP contribution in [-0.2, 0) is 4.79 Å². The minimum atomic E-state index is 0.231. The highest BCUT2D eigenvalue weighted by Crippen LogP contribution is 2.27. The molecular formula is C16H28N2O. The van der Waals surface area contributed by atoms with Crippen molar-refractivity contribution in [3.63, 3.8) is 0 Å². The second-order valence-electron chi connectivity index (χ2n) is 6.45. The van der Waals surface area contributed by atoms with Gasteiger partial charge in [0.25, 0.3) is 0 Å². The van der Waals surface area contributed by atoms with Gasteiger partial charge in [0.1, 0.15) is 0 Å². The first-order chi connectivity index (χ1) is 9.13. The molecule has 2 aliphatic rings. The summed E-state index contributed by atoms with van der Waals surface area (Å²) in [5, 5.41) is 6.54. The minimum Gasteiger partial charge on any atom is -0.353 e. The van der Waals surface area contributed by atoms with Gasteiger partial charge in [0.15, 0.2) is 0 Å². The van der Waals surface area contributed by atoms with E-state index < -0.39 is 0 Å². The van der Waals surface area contributed by atoms with Gasteiger partial charge in [0.05, 0.1) is 0 Å². The highest BCUT2D eigenvalue weighted by molar-refractivity contribution is 5.76. The Balaban J connectivity index is 1.49. The fourth-order valence-corrected chi connectivity index (χ4v) is 3.05. The first-order valence-corrected chi connectivity index (χ1v) is 7.81. The third-order valence-electron chi connectivity index (χ3n) is 4.02. The lowest BCUT2D eigenvalue weighted by molar-refractivity contribution is -0.121. The number of nitrogens with one attached hydrogen (secondary N) is 2. The van der Waals surface area contributed by atoms with E-state index in [0.29, 0.717) is 12.5 Å². The highest BCUT2D eigenvalue weighted by atomic mass is 16.1. The molecule has 0 bridgehead atoms. The lowest BCUT2D eigenvalue weighted by Gasteiger charge is -2.25. The van der Waals surface area contributed by atoms with E-state index in [-0.39, 0.29) is 5.91 Å². The van der Waals surface area contributed by atoms with E-state index in [0.717, 1.165) is 31.3 Å². The summed E-state index contributed by atoms with van der Waals surface area (Å²) in [5.74, 6) is 1.74. The van der Waals surface area contributed by atoms with Crippen molar-refractivity contribution in [2.24, 2.45) is 11.8 Å². The largest absolute Gasteiger partial charge is 0.353 e. The summed E-state index contributed by atoms with van der Waals surface area (Å²) in [7, 11) is 0. The molecule has 0 radical (unpaired) electrons. The molecule has 2 rings (SSSR count). The van der Waals surface area contributed by atoms with Crippen molar-refractivity contribution in [3.05, 3.63) is 11.6 Å². The van der Waals surface area contributed by atoms with Crippen LogP contribution in [-0.4, -0.2) is 25.0 Å². The molecule has 108 valence electrons. The maximum atomic E-state index is 11.5. The van der Waals surface area contributed by atoms with Crippen LogP contribution in [0, 0.1) is 11.8 Å². The maximum Gasteiger partial charge on any atom is 0.220 e. The van der Waals surface area contributed by atoms with Crippen LogP contribution in [0.2, 0.25) is 0 Å². The van der Waals surface area contributed by atoms with Crippen LogP contribution in [0.4, 0.5) is 0 Å². The fourth-order valence-electron chi connectivity index (χ4n) is 3.05. The zero-order valence-corrected chi connectivity index (χ0v) is 12.4. The van der Waals surface area contributed by atoms with Gasteiger partial charge in [0.2, 0.25) is 5.91 Å². The smallest absolute Gasteiger partial charge is 0.220 e. The van der Waals surface area contributed by atoms with Crippen molar-refractivity contribution in [3.8, 4) is 0 Å². The van der Waals surface area contributed by atoms with Gasteiger partial charge < -0.3 is 10.6 Å². The Hall–Kier alpha value is -0.830. The average Bonchev–Trinajstić information content (AvgIpc) is 3.11. The van der Waals surface area contributed by atoms with Crippen molar-refractivity contribution in [1.29, 1.82) is 0 Å². The second-order valence-corrected chi connectivity index (χ2v) is 6.45. The number of allylic oxidation sites excluding steroid dienone is 2. The van der Waals surface area contributed by atoms with Crippen LogP contribution in [0.1, 0.15) is 52.4 Å². The van der Waals surface area contributed by atoms with Crippen LogP contribution >= 0.6 is 0 Å². The minimum absolute atomic E-state index is 0.231. The summed E-state index contributed by atoms with van der Waals surface area (Å²) in [6.45, 7) is 6.61. The molecule has 19 heavy (non-hydrogen) atoms. The summed E-state index contributed by atoms with van der Waals surface area (Å²) in [6, 6.07) is 0.499. The van der Waals surface area contributed by atoms with Crippen LogP contribution in [0.3, 0.4) is 0 Å². The van der Waals surface area contributed by atoms with Crippen LogP contribution in [0.5, 0.6) is 0 Å². The van der Waals surface area contributed by atoms with Gasteiger partial charge in [-0.3, -0.25) is 4.79 Å². The van der Waals surface area contributed by atoms with E-state index in [1.54, 1.807) is 0 Å². The normalized spacial score (nSPS) is 26.9. The van der Waals surface area contributed by atoms with E-state index in [2.05, 4.69) is 30.6 Å². The van der Waals surface area contributed by atoms with Crippen molar-refractivity contribution in [1.82, 2.24) is 10.6 Å². The predicted molar refractivity (Wildman–Crippen MR) is 78.9 cm³/mol. The second kappa shape index (κ2) is 7.09. The first-order valence-electron chi connectivity index (χ1n) is 7.81. The van der Waals surface area contributed by atoms with E-state index in [4.69, 9.17) is 0 Å². The molecule has 2 atom stereocenters. The van der Waals surface area contributed by atoms with E-state index in [1.165, 1.54) is 31.3 Å². The van der Waals surface area contributed by atoms with Crippen LogP contribution in [0.15, 0.2) is 11.6 Å². The van der Waals surface area contributed by atoms with Crippen LogP contribution < -0.4 is 10.6 Å². The summed E-state index contributed by atoms with van der Waals surface area (Å²) in [4.78, 5) is 11.5. The Morgan fingerprint density at radius 2 is 2.21 bits per heavy atom. The molecule has 3 heteroatoms. The molecule has 0 saturated heterocycles. The van der Waals surface area contributed by atoms with E-state index in [9.17, 15) is 4.79 Å². The van der Waals surface area contributed by atoms with Gasteiger partial charge in [-0.1, -0.05) is 18.6 Å². The molecule has 1 amide bonds. The number of rotatable bonds is 7. The SMILES string of the molecule is CC1=CC(C)CC(CNCCCC(=O)NC2CC2)C1. The maximum absolute atomic E-state index is 11.5. The molecule has 0 aromatic heterocycles. The number of carbonyl (C=O) groups is 1. The monoisotopic (exact) mass is 264 g/mol. The third-order valence-corrected chi connectivity index (χ3v) is 4.02. The van der Waals surface area contributed by atoms with Gasteiger partial charge >= 0.3 is 0 Å². The average molecular weight is 264 g/mol. The van der Waals surface area contributed by atoms with Gasteiger partial charge in [0, 0.05) is 12.5 Å². The summed E-state index contributed by atoms with van der Waals surface area (Å²) in [5.41, 5.74) is 1.54. The van der Waals surface area contributed by atoms with Crippen molar-refractivity contribution in [2.75, 3.05) is 13.1 Å².